The number of aromatic nitrogens is 2. The lowest BCUT2D eigenvalue weighted by atomic mass is 10.2. The van der Waals surface area contributed by atoms with Crippen molar-refractivity contribution in [2.45, 2.75) is 63.8 Å². The number of rotatable bonds is 15. The minimum atomic E-state index is -4.71. The molecule has 2 heterocycles. The van der Waals surface area contributed by atoms with Gasteiger partial charge in [-0.1, -0.05) is 23.7 Å². The average molecular weight is 977 g/mol. The molecule has 1 saturated heterocycles. The highest BCUT2D eigenvalue weighted by Gasteiger charge is 2.40. The van der Waals surface area contributed by atoms with Gasteiger partial charge in [0, 0.05) is 6.07 Å². The third kappa shape index (κ3) is 16.2. The van der Waals surface area contributed by atoms with Crippen molar-refractivity contribution in [2.75, 3.05) is 23.0 Å². The minimum Gasteiger partial charge on any atom is -0.489 e. The number of ether oxygens (including phenoxy) is 4. The van der Waals surface area contributed by atoms with Gasteiger partial charge in [-0.05, 0) is 63.3 Å². The molecule has 0 bridgehead atoms. The number of allylic oxidation sites excluding steroid dienone is 1. The number of nitrogens with one attached hydrogen (secondary N) is 3. The van der Waals surface area contributed by atoms with Crippen molar-refractivity contribution in [1.29, 1.82) is 0 Å². The molecule has 0 unspecified atom stereocenters. The monoisotopic (exact) mass is 976 g/mol. The maximum atomic E-state index is 14.3. The van der Waals surface area contributed by atoms with E-state index in [-0.39, 0.29) is 28.3 Å². The summed E-state index contributed by atoms with van der Waals surface area (Å²) in [5.41, 5.74) is -0.333. The Balaban J connectivity index is 0.000000285. The van der Waals surface area contributed by atoms with Crippen LogP contribution in [-0.4, -0.2) is 101 Å². The van der Waals surface area contributed by atoms with Gasteiger partial charge in [0.05, 0.1) is 41.3 Å². The quantitative estimate of drug-likeness (QED) is 0.0580. The summed E-state index contributed by atoms with van der Waals surface area (Å²) in [6, 6.07) is 5.55. The van der Waals surface area contributed by atoms with Gasteiger partial charge in [0.25, 0.3) is 10.0 Å². The van der Waals surface area contributed by atoms with Crippen LogP contribution in [0.5, 0.6) is 17.5 Å². The second-order valence-electron chi connectivity index (χ2n) is 12.7. The maximum absolute atomic E-state index is 14.3. The molecule has 1 aliphatic heterocycles. The van der Waals surface area contributed by atoms with Gasteiger partial charge in [0.1, 0.15) is 16.5 Å². The second-order valence-corrected chi connectivity index (χ2v) is 16.4. The molecule has 64 heavy (non-hydrogen) atoms. The second kappa shape index (κ2) is 22.9. The first-order chi connectivity index (χ1) is 29.8. The summed E-state index contributed by atoms with van der Waals surface area (Å²) in [6.07, 6.45) is 2.40. The predicted octanol–water partition coefficient (Wildman–Crippen LogP) is 5.26. The predicted molar refractivity (Wildman–Crippen MR) is 207 cm³/mol. The molecule has 1 saturated carbocycles. The lowest BCUT2D eigenvalue weighted by Crippen LogP contribution is -2.35. The Kier molecular flexibility index (Phi) is 18.7. The minimum absolute atomic E-state index is 0.00962. The van der Waals surface area contributed by atoms with E-state index in [1.807, 2.05) is 0 Å². The molecular formula is C34H35ClF5N6O16PS. The smallest absolute Gasteiger partial charge is 0.427 e. The topological polar surface area (TPSA) is 320 Å². The van der Waals surface area contributed by atoms with Crippen LogP contribution in [0.25, 0.3) is 0 Å². The molecule has 2 aliphatic rings. The van der Waals surface area contributed by atoms with Gasteiger partial charge in [0.15, 0.2) is 5.76 Å². The molecule has 30 heteroatoms. The van der Waals surface area contributed by atoms with Gasteiger partial charge in [0.2, 0.25) is 17.7 Å². The molecule has 350 valence electrons. The number of urea groups is 1. The molecule has 3 aromatic rings. The fourth-order valence-electron chi connectivity index (χ4n) is 5.10. The Bertz CT molecular complexity index is 2390. The Labute approximate surface area is 362 Å². The van der Waals surface area contributed by atoms with Crippen LogP contribution in [-0.2, 0) is 28.9 Å². The van der Waals surface area contributed by atoms with Crippen LogP contribution in [0.4, 0.5) is 43.2 Å². The van der Waals surface area contributed by atoms with E-state index in [0.29, 0.717) is 16.5 Å². The zero-order chi connectivity index (χ0) is 48.1. The van der Waals surface area contributed by atoms with Gasteiger partial charge >= 0.3 is 50.8 Å². The summed E-state index contributed by atoms with van der Waals surface area (Å²) in [6.45, 7) is -3.98. The molecule has 7 N–H and O–H groups in total. The highest BCUT2D eigenvalue weighted by atomic mass is 35.5. The zero-order valence-electron chi connectivity index (χ0n) is 32.7. The van der Waals surface area contributed by atoms with E-state index in [4.69, 9.17) is 41.1 Å². The summed E-state index contributed by atoms with van der Waals surface area (Å²) in [7, 11) is -8.81. The van der Waals surface area contributed by atoms with E-state index in [1.54, 1.807) is 19.2 Å². The summed E-state index contributed by atoms with van der Waals surface area (Å²) in [5, 5.41) is 20.9. The molecule has 1 aromatic heterocycles. The number of nitrogens with zero attached hydrogens (tertiary/aromatic N) is 3. The van der Waals surface area contributed by atoms with Crippen molar-refractivity contribution in [3.63, 3.8) is 0 Å². The number of aromatic carboxylic acids is 1. The van der Waals surface area contributed by atoms with Crippen LogP contribution in [0.15, 0.2) is 58.7 Å². The Morgan fingerprint density at radius 1 is 0.984 bits per heavy atom. The first kappa shape index (κ1) is 52.2. The maximum Gasteiger partial charge on any atom is 0.427 e. The van der Waals surface area contributed by atoms with E-state index in [0.717, 1.165) is 43.9 Å². The molecular weight excluding hydrogens is 942 g/mol. The summed E-state index contributed by atoms with van der Waals surface area (Å²) in [4.78, 5) is 80.0. The number of alkyl halides is 4. The number of anilines is 2. The molecule has 1 aliphatic carbocycles. The van der Waals surface area contributed by atoms with Gasteiger partial charge in [-0.2, -0.15) is 27.5 Å². The third-order valence-electron chi connectivity index (χ3n) is 7.61. The molecule has 2 aromatic carbocycles. The summed E-state index contributed by atoms with van der Waals surface area (Å²) in [5.74, 6) is -6.93. The van der Waals surface area contributed by atoms with Gasteiger partial charge in [-0.15, -0.1) is 0 Å². The largest absolute Gasteiger partial charge is 0.489 e. The lowest BCUT2D eigenvalue weighted by Gasteiger charge is -2.18. The fraction of sp³-hybridized carbons (Fsp3) is 0.324. The molecule has 0 atom stereocenters. The van der Waals surface area contributed by atoms with Crippen molar-refractivity contribution in [1.82, 2.24) is 20.0 Å². The molecule has 5 rings (SSSR count). The van der Waals surface area contributed by atoms with Crippen LogP contribution in [0.2, 0.25) is 5.02 Å². The number of halogens is 6. The van der Waals surface area contributed by atoms with Crippen LogP contribution in [0, 0.1) is 5.82 Å². The van der Waals surface area contributed by atoms with Gasteiger partial charge < -0.3 is 38.9 Å². The van der Waals surface area contributed by atoms with Crippen molar-refractivity contribution in [3.05, 3.63) is 70.2 Å². The Hall–Kier alpha value is -6.19. The van der Waals surface area contributed by atoms with E-state index < -0.39 is 108 Å². The zero-order valence-corrected chi connectivity index (χ0v) is 35.1. The molecule has 0 radical (unpaired) electrons. The number of cyclic esters (lactones) is 1. The standard InChI is InChI=1S/C17H17ClFNO4.C14H10F4N4O7S.C3H8NO5P/c1-9(2)15-16(21)20(17(22)24-15)13-8-14(11(18)7-12(13)19)23-10-5-3-4-6-10;15-11(16)28-8-5-9(29-12(17)18)20-13(19-8)21-14(25)22-30(26,27)7-4-2-1-3-6(7)10(23)24;5-3(6)1-4-2-10(7,8)9/h7-8,10H,3-6H2,1-2H3;1-5,11-12H,(H,23,24)(H2,19,20,21,22,25);4H,1-2H2,(H,5,6)(H2,7,8,9). The van der Waals surface area contributed by atoms with Gasteiger partial charge in [-0.3, -0.25) is 24.8 Å². The Morgan fingerprint density at radius 3 is 2.06 bits per heavy atom. The molecule has 22 nitrogen and oxygen atoms in total. The molecule has 4 amide bonds. The van der Waals surface area contributed by atoms with Crippen molar-refractivity contribution < 1.29 is 97.9 Å². The van der Waals surface area contributed by atoms with Gasteiger partial charge in [-0.25, -0.2) is 36.8 Å². The number of carbonyl (C=O) groups is 5. The first-order valence-electron chi connectivity index (χ1n) is 17.6. The fourth-order valence-corrected chi connectivity index (χ4v) is 6.81. The lowest BCUT2D eigenvalue weighted by molar-refractivity contribution is -0.135. The highest BCUT2D eigenvalue weighted by Crippen LogP contribution is 2.38. The first-order valence-corrected chi connectivity index (χ1v) is 21.2. The van der Waals surface area contributed by atoms with Crippen LogP contribution in [0.1, 0.15) is 49.9 Å². The number of aliphatic carboxylic acids is 1. The van der Waals surface area contributed by atoms with E-state index in [9.17, 15) is 58.9 Å². The van der Waals surface area contributed by atoms with Crippen LogP contribution in [0.3, 0.4) is 0 Å². The number of benzene rings is 2. The number of carbonyl (C=O) groups excluding carboxylic acids is 3. The number of carboxylic acids is 2. The van der Waals surface area contributed by atoms with E-state index >= 15 is 0 Å². The van der Waals surface area contributed by atoms with Crippen molar-refractivity contribution in [3.8, 4) is 17.5 Å². The number of imide groups is 1. The number of carboxylic acid groups (broad SMARTS) is 2. The van der Waals surface area contributed by atoms with E-state index in [1.165, 1.54) is 22.9 Å². The van der Waals surface area contributed by atoms with Crippen molar-refractivity contribution >= 4 is 70.8 Å². The molecule has 2 fully saturated rings. The van der Waals surface area contributed by atoms with E-state index in [2.05, 4.69) is 24.8 Å². The van der Waals surface area contributed by atoms with Crippen molar-refractivity contribution in [2.24, 2.45) is 0 Å². The summed E-state index contributed by atoms with van der Waals surface area (Å²) >= 11 is 6.04. The van der Waals surface area contributed by atoms with Crippen LogP contribution >= 0.6 is 19.2 Å². The number of sulfonamides is 1. The normalized spacial score (nSPS) is 13.9. The molecule has 0 spiro atoms. The Morgan fingerprint density at radius 2 is 1.56 bits per heavy atom. The highest BCUT2D eigenvalue weighted by molar-refractivity contribution is 7.90. The number of hydrogen-bond donors (Lipinski definition) is 7. The average Bonchev–Trinajstić information content (AvgIpc) is 3.78. The SMILES string of the molecule is CC(C)=C1OC(=O)N(c2cc(OC3CCCC3)c(Cl)cc2F)C1=O.O=C(Nc1nc(OC(F)F)cc(OC(F)F)n1)NS(=O)(=O)c1ccccc1C(=O)O.O=C(O)CNCP(=O)(O)O. The summed E-state index contributed by atoms with van der Waals surface area (Å²) < 4.78 is 118. The number of hydrogen-bond acceptors (Lipinski definition) is 15. The number of amides is 4. The third-order valence-corrected chi connectivity index (χ3v) is 9.93. The van der Waals surface area contributed by atoms with Crippen LogP contribution < -0.4 is 34.5 Å².